The van der Waals surface area contributed by atoms with E-state index >= 15 is 0 Å². The number of amides is 1. The van der Waals surface area contributed by atoms with Crippen LogP contribution in [0, 0.1) is 6.92 Å². The molecule has 1 N–H and O–H groups in total. The van der Waals surface area contributed by atoms with E-state index in [9.17, 15) is 14.4 Å². The summed E-state index contributed by atoms with van der Waals surface area (Å²) in [5.41, 5.74) is 0.939. The number of hydrogen-bond donors (Lipinski definition) is 1. The van der Waals surface area contributed by atoms with Crippen molar-refractivity contribution in [3.8, 4) is 5.75 Å². The molecule has 0 saturated heterocycles. The van der Waals surface area contributed by atoms with Crippen LogP contribution in [0.25, 0.3) is 0 Å². The average Bonchev–Trinajstić information content (AvgIpc) is 3.01. The first-order valence-electron chi connectivity index (χ1n) is 8.85. The lowest BCUT2D eigenvalue weighted by Gasteiger charge is -2.09. The second kappa shape index (κ2) is 9.89. The van der Waals surface area contributed by atoms with Crippen molar-refractivity contribution in [2.45, 2.75) is 27.2 Å². The van der Waals surface area contributed by atoms with Gasteiger partial charge in [0.15, 0.2) is 0 Å². The molecule has 0 unspecified atom stereocenters. The molecule has 28 heavy (non-hydrogen) atoms. The van der Waals surface area contributed by atoms with Crippen molar-refractivity contribution >= 4 is 34.2 Å². The van der Waals surface area contributed by atoms with E-state index in [1.165, 1.54) is 7.11 Å². The molecule has 8 heteroatoms. The van der Waals surface area contributed by atoms with Crippen molar-refractivity contribution in [1.82, 2.24) is 0 Å². The predicted octanol–water partition coefficient (Wildman–Crippen LogP) is 4.06. The maximum Gasteiger partial charge on any atom is 0.348 e. The summed E-state index contributed by atoms with van der Waals surface area (Å²) >= 11 is 0.979. The molecule has 0 fully saturated rings. The van der Waals surface area contributed by atoms with Crippen LogP contribution >= 0.6 is 11.3 Å². The number of nitrogens with one attached hydrogen (secondary N) is 1. The Morgan fingerprint density at radius 2 is 1.89 bits per heavy atom. The Bertz CT molecular complexity index is 874. The first-order chi connectivity index (χ1) is 13.4. The van der Waals surface area contributed by atoms with Gasteiger partial charge in [0.2, 0.25) is 0 Å². The van der Waals surface area contributed by atoms with Gasteiger partial charge < -0.3 is 19.5 Å². The summed E-state index contributed by atoms with van der Waals surface area (Å²) in [7, 11) is 1.26. The van der Waals surface area contributed by atoms with Crippen LogP contribution in [-0.2, 0) is 9.47 Å². The Labute approximate surface area is 167 Å². The van der Waals surface area contributed by atoms with Crippen LogP contribution in [-0.4, -0.2) is 38.2 Å². The van der Waals surface area contributed by atoms with Crippen LogP contribution in [0.1, 0.15) is 56.2 Å². The van der Waals surface area contributed by atoms with Gasteiger partial charge >= 0.3 is 11.9 Å². The minimum absolute atomic E-state index is 0.160. The molecule has 0 aliphatic carbocycles. The number of carbonyl (C=O) groups is 3. The number of methoxy groups -OCH3 is 1. The summed E-state index contributed by atoms with van der Waals surface area (Å²) in [5.74, 6) is -1.03. The minimum Gasteiger partial charge on any atom is -0.494 e. The van der Waals surface area contributed by atoms with Gasteiger partial charge in [0, 0.05) is 5.56 Å². The monoisotopic (exact) mass is 405 g/mol. The molecule has 1 heterocycles. The zero-order valence-corrected chi connectivity index (χ0v) is 17.1. The number of ether oxygens (including phenoxy) is 3. The number of hydrogen-bond acceptors (Lipinski definition) is 7. The largest absolute Gasteiger partial charge is 0.494 e. The highest BCUT2D eigenvalue weighted by atomic mass is 32.1. The molecule has 2 aromatic rings. The quantitative estimate of drug-likeness (QED) is 0.666. The summed E-state index contributed by atoms with van der Waals surface area (Å²) < 4.78 is 15.4. The van der Waals surface area contributed by atoms with E-state index in [4.69, 9.17) is 14.2 Å². The third-order valence-electron chi connectivity index (χ3n) is 3.79. The standard InChI is InChI=1S/C20H23NO6S/c1-5-10-27-19(23)15-12(3)16(20(24)25-4)28-18(15)21-17(22)13-8-7-9-14(11-13)26-6-2/h7-9,11H,5-6,10H2,1-4H3,(H,21,22). The van der Waals surface area contributed by atoms with E-state index in [0.29, 0.717) is 29.9 Å². The Balaban J connectivity index is 2.37. The van der Waals surface area contributed by atoms with Gasteiger partial charge in [-0.3, -0.25) is 4.79 Å². The van der Waals surface area contributed by atoms with Crippen molar-refractivity contribution in [2.24, 2.45) is 0 Å². The van der Waals surface area contributed by atoms with Crippen molar-refractivity contribution in [3.63, 3.8) is 0 Å². The molecule has 2 rings (SSSR count). The molecule has 0 atom stereocenters. The Morgan fingerprint density at radius 3 is 2.54 bits per heavy atom. The fourth-order valence-electron chi connectivity index (χ4n) is 2.47. The number of benzene rings is 1. The lowest BCUT2D eigenvalue weighted by Crippen LogP contribution is -2.15. The van der Waals surface area contributed by atoms with Gasteiger partial charge in [-0.2, -0.15) is 0 Å². The van der Waals surface area contributed by atoms with E-state index < -0.39 is 17.8 Å². The van der Waals surface area contributed by atoms with Gasteiger partial charge in [0.25, 0.3) is 5.91 Å². The van der Waals surface area contributed by atoms with Crippen LogP contribution in [0.2, 0.25) is 0 Å². The fraction of sp³-hybridized carbons (Fsp3) is 0.350. The molecule has 7 nitrogen and oxygen atoms in total. The SMILES string of the molecule is CCCOC(=O)c1c(NC(=O)c2cccc(OCC)c2)sc(C(=O)OC)c1C. The molecular weight excluding hydrogens is 382 g/mol. The zero-order chi connectivity index (χ0) is 20.7. The smallest absolute Gasteiger partial charge is 0.348 e. The molecule has 0 aliphatic heterocycles. The van der Waals surface area contributed by atoms with Crippen molar-refractivity contribution < 1.29 is 28.6 Å². The number of rotatable bonds is 8. The average molecular weight is 405 g/mol. The molecule has 0 aliphatic rings. The molecule has 0 bridgehead atoms. The number of carbonyl (C=O) groups excluding carboxylic acids is 3. The minimum atomic E-state index is -0.593. The summed E-state index contributed by atoms with van der Waals surface area (Å²) in [5, 5.41) is 2.95. The maximum absolute atomic E-state index is 12.7. The highest BCUT2D eigenvalue weighted by Gasteiger charge is 2.27. The topological polar surface area (TPSA) is 90.9 Å². The number of anilines is 1. The first-order valence-corrected chi connectivity index (χ1v) is 9.67. The van der Waals surface area contributed by atoms with Gasteiger partial charge in [0.1, 0.15) is 15.6 Å². The van der Waals surface area contributed by atoms with Gasteiger partial charge in [-0.1, -0.05) is 13.0 Å². The second-order valence-electron chi connectivity index (χ2n) is 5.80. The van der Waals surface area contributed by atoms with E-state index in [-0.39, 0.29) is 22.0 Å². The van der Waals surface area contributed by atoms with Crippen LogP contribution < -0.4 is 10.1 Å². The lowest BCUT2D eigenvalue weighted by atomic mass is 10.1. The van der Waals surface area contributed by atoms with Gasteiger partial charge in [-0.05, 0) is 44.0 Å². The lowest BCUT2D eigenvalue weighted by molar-refractivity contribution is 0.0506. The number of esters is 2. The summed E-state index contributed by atoms with van der Waals surface area (Å²) in [6, 6.07) is 6.69. The van der Waals surface area contributed by atoms with Crippen LogP contribution in [0.3, 0.4) is 0 Å². The van der Waals surface area contributed by atoms with Gasteiger partial charge in [-0.15, -0.1) is 11.3 Å². The van der Waals surface area contributed by atoms with E-state index in [1.54, 1.807) is 31.2 Å². The van der Waals surface area contributed by atoms with E-state index in [0.717, 1.165) is 11.3 Å². The second-order valence-corrected chi connectivity index (χ2v) is 6.82. The summed E-state index contributed by atoms with van der Waals surface area (Å²) in [6.45, 7) is 6.07. The molecule has 0 spiro atoms. The van der Waals surface area contributed by atoms with Gasteiger partial charge in [-0.25, -0.2) is 9.59 Å². The third-order valence-corrected chi connectivity index (χ3v) is 4.98. The summed E-state index contributed by atoms with van der Waals surface area (Å²) in [4.78, 5) is 37.4. The predicted molar refractivity (Wildman–Crippen MR) is 107 cm³/mol. The normalized spacial score (nSPS) is 10.3. The van der Waals surface area contributed by atoms with E-state index in [2.05, 4.69) is 5.32 Å². The molecule has 0 saturated carbocycles. The molecule has 1 aromatic heterocycles. The molecule has 150 valence electrons. The fourth-order valence-corrected chi connectivity index (χ4v) is 3.58. The van der Waals surface area contributed by atoms with Crippen molar-refractivity contribution in [1.29, 1.82) is 0 Å². The highest BCUT2D eigenvalue weighted by molar-refractivity contribution is 7.18. The van der Waals surface area contributed by atoms with Crippen LogP contribution in [0.5, 0.6) is 5.75 Å². The van der Waals surface area contributed by atoms with Crippen LogP contribution in [0.15, 0.2) is 24.3 Å². The van der Waals surface area contributed by atoms with Crippen LogP contribution in [0.4, 0.5) is 5.00 Å². The Morgan fingerprint density at radius 1 is 1.14 bits per heavy atom. The zero-order valence-electron chi connectivity index (χ0n) is 16.3. The summed E-state index contributed by atoms with van der Waals surface area (Å²) in [6.07, 6.45) is 0.657. The Hall–Kier alpha value is -2.87. The Kier molecular flexibility index (Phi) is 7.57. The first kappa shape index (κ1) is 21.4. The van der Waals surface area contributed by atoms with E-state index in [1.807, 2.05) is 13.8 Å². The molecular formula is C20H23NO6S. The number of thiophene rings is 1. The molecule has 1 amide bonds. The van der Waals surface area contributed by atoms with Crippen molar-refractivity contribution in [3.05, 3.63) is 45.8 Å². The third kappa shape index (κ3) is 4.89. The maximum atomic E-state index is 12.7. The molecule has 1 aromatic carbocycles. The van der Waals surface area contributed by atoms with Gasteiger partial charge in [0.05, 0.1) is 25.9 Å². The highest BCUT2D eigenvalue weighted by Crippen LogP contribution is 2.34. The molecule has 0 radical (unpaired) electrons. The van der Waals surface area contributed by atoms with Crippen molar-refractivity contribution in [2.75, 3.05) is 25.6 Å².